The highest BCUT2D eigenvalue weighted by atomic mass is 35.5. The Morgan fingerprint density at radius 3 is 2.62 bits per heavy atom. The number of ether oxygens (including phenoxy) is 1. The highest BCUT2D eigenvalue weighted by Gasteiger charge is 2.14. The minimum Gasteiger partial charge on any atom is -0.383 e. The van der Waals surface area contributed by atoms with Gasteiger partial charge in [0.05, 0.1) is 12.6 Å². The Labute approximate surface area is 103 Å². The number of hydrogen-bond acceptors (Lipinski definition) is 2. The van der Waals surface area contributed by atoms with E-state index in [0.717, 1.165) is 16.3 Å². The van der Waals surface area contributed by atoms with Crippen LogP contribution >= 0.6 is 11.6 Å². The second-order valence-electron chi connectivity index (χ2n) is 4.36. The molecule has 0 spiro atoms. The lowest BCUT2D eigenvalue weighted by atomic mass is 10.0. The fourth-order valence-corrected chi connectivity index (χ4v) is 1.72. The predicted octanol–water partition coefficient (Wildman–Crippen LogP) is 3.73. The van der Waals surface area contributed by atoms with Crippen molar-refractivity contribution in [2.75, 3.05) is 19.0 Å². The number of nitrogens with one attached hydrogen (secondary N) is 1. The molecule has 1 unspecified atom stereocenters. The molecule has 0 heterocycles. The molecule has 0 aromatic heterocycles. The second-order valence-corrected chi connectivity index (χ2v) is 4.77. The molecule has 0 aliphatic heterocycles. The molecule has 1 aromatic rings. The van der Waals surface area contributed by atoms with Crippen LogP contribution in [0.4, 0.5) is 5.69 Å². The molecule has 0 aliphatic carbocycles. The van der Waals surface area contributed by atoms with Gasteiger partial charge in [-0.1, -0.05) is 31.5 Å². The number of rotatable bonds is 5. The molecule has 0 radical (unpaired) electrons. The highest BCUT2D eigenvalue weighted by molar-refractivity contribution is 6.31. The van der Waals surface area contributed by atoms with E-state index in [-0.39, 0.29) is 0 Å². The van der Waals surface area contributed by atoms with Crippen LogP contribution < -0.4 is 5.32 Å². The third kappa shape index (κ3) is 3.39. The SMILES string of the molecule is COCC(Nc1cccc(Cl)c1C)C(C)C. The predicted molar refractivity (Wildman–Crippen MR) is 70.3 cm³/mol. The summed E-state index contributed by atoms with van der Waals surface area (Å²) in [6.07, 6.45) is 0. The van der Waals surface area contributed by atoms with Gasteiger partial charge < -0.3 is 10.1 Å². The summed E-state index contributed by atoms with van der Waals surface area (Å²) in [5.41, 5.74) is 2.18. The first kappa shape index (κ1) is 13.3. The molecule has 90 valence electrons. The number of benzene rings is 1. The van der Waals surface area contributed by atoms with Crippen molar-refractivity contribution in [3.8, 4) is 0 Å². The standard InChI is InChI=1S/C13H20ClNO/c1-9(2)13(8-16-4)15-12-7-5-6-11(14)10(12)3/h5-7,9,13,15H,8H2,1-4H3. The fourth-order valence-electron chi connectivity index (χ4n) is 1.54. The van der Waals surface area contributed by atoms with E-state index in [4.69, 9.17) is 16.3 Å². The molecule has 0 fully saturated rings. The lowest BCUT2D eigenvalue weighted by Crippen LogP contribution is -2.30. The van der Waals surface area contributed by atoms with Crippen molar-refractivity contribution < 1.29 is 4.74 Å². The number of halogens is 1. The molecule has 3 heteroatoms. The van der Waals surface area contributed by atoms with E-state index >= 15 is 0 Å². The molecular weight excluding hydrogens is 222 g/mol. The zero-order valence-electron chi connectivity index (χ0n) is 10.4. The first-order valence-electron chi connectivity index (χ1n) is 5.56. The van der Waals surface area contributed by atoms with Crippen molar-refractivity contribution >= 4 is 17.3 Å². The Morgan fingerprint density at radius 1 is 1.38 bits per heavy atom. The maximum Gasteiger partial charge on any atom is 0.0666 e. The minimum atomic E-state index is 0.308. The maximum atomic E-state index is 6.08. The summed E-state index contributed by atoms with van der Waals surface area (Å²) in [6, 6.07) is 6.22. The molecule has 1 N–H and O–H groups in total. The van der Waals surface area contributed by atoms with Crippen LogP contribution in [0.25, 0.3) is 0 Å². The molecule has 0 bridgehead atoms. The second kappa shape index (κ2) is 6.12. The van der Waals surface area contributed by atoms with Gasteiger partial charge in [-0.2, -0.15) is 0 Å². The summed E-state index contributed by atoms with van der Waals surface area (Å²) in [4.78, 5) is 0. The lowest BCUT2D eigenvalue weighted by molar-refractivity contribution is 0.171. The largest absolute Gasteiger partial charge is 0.383 e. The Kier molecular flexibility index (Phi) is 5.10. The van der Waals surface area contributed by atoms with Crippen LogP contribution in [0, 0.1) is 12.8 Å². The molecule has 1 aromatic carbocycles. The smallest absolute Gasteiger partial charge is 0.0666 e. The van der Waals surface area contributed by atoms with E-state index in [1.807, 2.05) is 25.1 Å². The van der Waals surface area contributed by atoms with Crippen LogP contribution in [-0.4, -0.2) is 19.8 Å². The molecule has 0 saturated heterocycles. The van der Waals surface area contributed by atoms with Crippen molar-refractivity contribution in [3.63, 3.8) is 0 Å². The Hall–Kier alpha value is -0.730. The Bertz CT molecular complexity index is 339. The first-order chi connectivity index (χ1) is 7.56. The zero-order chi connectivity index (χ0) is 12.1. The molecule has 0 saturated carbocycles. The molecule has 0 amide bonds. The van der Waals surface area contributed by atoms with E-state index in [1.54, 1.807) is 7.11 Å². The van der Waals surface area contributed by atoms with Gasteiger partial charge in [-0.3, -0.25) is 0 Å². The van der Waals surface area contributed by atoms with E-state index in [2.05, 4.69) is 19.2 Å². The third-order valence-electron chi connectivity index (χ3n) is 2.76. The van der Waals surface area contributed by atoms with Crippen molar-refractivity contribution in [1.82, 2.24) is 0 Å². The highest BCUT2D eigenvalue weighted by Crippen LogP contribution is 2.24. The Balaban J connectivity index is 2.81. The molecule has 0 aliphatic rings. The summed E-state index contributed by atoms with van der Waals surface area (Å²) in [5, 5.41) is 4.28. The molecular formula is C13H20ClNO. The number of hydrogen-bond donors (Lipinski definition) is 1. The monoisotopic (exact) mass is 241 g/mol. The molecule has 1 atom stereocenters. The number of anilines is 1. The van der Waals surface area contributed by atoms with Crippen molar-refractivity contribution in [1.29, 1.82) is 0 Å². The number of methoxy groups -OCH3 is 1. The van der Waals surface area contributed by atoms with Crippen molar-refractivity contribution in [3.05, 3.63) is 28.8 Å². The van der Waals surface area contributed by atoms with Crippen LogP contribution in [-0.2, 0) is 4.74 Å². The molecule has 16 heavy (non-hydrogen) atoms. The molecule has 1 rings (SSSR count). The lowest BCUT2D eigenvalue weighted by Gasteiger charge is -2.24. The van der Waals surface area contributed by atoms with E-state index < -0.39 is 0 Å². The van der Waals surface area contributed by atoms with Gasteiger partial charge in [0.25, 0.3) is 0 Å². The topological polar surface area (TPSA) is 21.3 Å². The van der Waals surface area contributed by atoms with E-state index in [1.165, 1.54) is 0 Å². The van der Waals surface area contributed by atoms with Gasteiger partial charge >= 0.3 is 0 Å². The fraction of sp³-hybridized carbons (Fsp3) is 0.538. The molecule has 2 nitrogen and oxygen atoms in total. The van der Waals surface area contributed by atoms with Crippen molar-refractivity contribution in [2.45, 2.75) is 26.8 Å². The van der Waals surface area contributed by atoms with Crippen LogP contribution in [0.15, 0.2) is 18.2 Å². The van der Waals surface area contributed by atoms with Gasteiger partial charge in [-0.25, -0.2) is 0 Å². The normalized spacial score (nSPS) is 12.9. The van der Waals surface area contributed by atoms with Gasteiger partial charge in [0.1, 0.15) is 0 Å². The minimum absolute atomic E-state index is 0.308. The summed E-state index contributed by atoms with van der Waals surface area (Å²) in [7, 11) is 1.72. The van der Waals surface area contributed by atoms with Gasteiger partial charge in [0.2, 0.25) is 0 Å². The van der Waals surface area contributed by atoms with Crippen LogP contribution in [0.3, 0.4) is 0 Å². The van der Waals surface area contributed by atoms with E-state index in [9.17, 15) is 0 Å². The third-order valence-corrected chi connectivity index (χ3v) is 3.17. The van der Waals surface area contributed by atoms with Gasteiger partial charge in [0.15, 0.2) is 0 Å². The van der Waals surface area contributed by atoms with Crippen LogP contribution in [0.1, 0.15) is 19.4 Å². The average Bonchev–Trinajstić information content (AvgIpc) is 2.23. The quantitative estimate of drug-likeness (QED) is 0.848. The maximum absolute atomic E-state index is 6.08. The van der Waals surface area contributed by atoms with Crippen LogP contribution in [0.2, 0.25) is 5.02 Å². The summed E-state index contributed by atoms with van der Waals surface area (Å²) in [6.45, 7) is 7.08. The summed E-state index contributed by atoms with van der Waals surface area (Å²) in [5.74, 6) is 0.512. The Morgan fingerprint density at radius 2 is 2.06 bits per heavy atom. The summed E-state index contributed by atoms with van der Waals surface area (Å²) >= 11 is 6.08. The van der Waals surface area contributed by atoms with Gasteiger partial charge in [-0.05, 0) is 30.5 Å². The van der Waals surface area contributed by atoms with Crippen LogP contribution in [0.5, 0.6) is 0 Å². The summed E-state index contributed by atoms with van der Waals surface area (Å²) < 4.78 is 5.21. The average molecular weight is 242 g/mol. The van der Waals surface area contributed by atoms with Gasteiger partial charge in [-0.15, -0.1) is 0 Å². The van der Waals surface area contributed by atoms with Gasteiger partial charge in [0, 0.05) is 17.8 Å². The van der Waals surface area contributed by atoms with Crippen molar-refractivity contribution in [2.24, 2.45) is 5.92 Å². The first-order valence-corrected chi connectivity index (χ1v) is 5.94. The zero-order valence-corrected chi connectivity index (χ0v) is 11.1. The van der Waals surface area contributed by atoms with E-state index in [0.29, 0.717) is 18.6 Å².